The molecule has 1 aliphatic heterocycles. The van der Waals surface area contributed by atoms with Gasteiger partial charge >= 0.3 is 6.03 Å². The van der Waals surface area contributed by atoms with Crippen LogP contribution in [0.25, 0.3) is 0 Å². The smallest absolute Gasteiger partial charge is 0.317 e. The molecule has 7 heteroatoms. The number of rotatable bonds is 5. The summed E-state index contributed by atoms with van der Waals surface area (Å²) in [7, 11) is 0. The van der Waals surface area contributed by atoms with Crippen LogP contribution in [0.4, 0.5) is 4.79 Å². The fourth-order valence-electron chi connectivity index (χ4n) is 3.04. The van der Waals surface area contributed by atoms with E-state index in [4.69, 9.17) is 0 Å². The molecule has 2 heterocycles. The van der Waals surface area contributed by atoms with Crippen molar-refractivity contribution >= 4 is 23.3 Å². The maximum atomic E-state index is 12.3. The molecule has 1 aliphatic rings. The summed E-state index contributed by atoms with van der Waals surface area (Å²) in [5.41, 5.74) is 1.98. The summed E-state index contributed by atoms with van der Waals surface area (Å²) >= 11 is 1.58. The normalized spacial score (nSPS) is 14.9. The molecule has 0 unspecified atom stereocenters. The summed E-state index contributed by atoms with van der Waals surface area (Å²) in [6.07, 6.45) is 1.39. The molecular weight excluding hydrogens is 348 g/mol. The summed E-state index contributed by atoms with van der Waals surface area (Å²) in [5, 5.41) is 8.87. The third kappa shape index (κ3) is 5.05. The zero-order chi connectivity index (χ0) is 18.4. The molecule has 0 spiro atoms. The van der Waals surface area contributed by atoms with E-state index in [1.54, 1.807) is 16.2 Å². The van der Waals surface area contributed by atoms with Gasteiger partial charge in [-0.2, -0.15) is 0 Å². The maximum absolute atomic E-state index is 12.3. The van der Waals surface area contributed by atoms with Crippen molar-refractivity contribution in [3.8, 4) is 0 Å². The van der Waals surface area contributed by atoms with Crippen LogP contribution in [0.3, 0.4) is 0 Å². The Labute approximate surface area is 157 Å². The number of amides is 3. The van der Waals surface area contributed by atoms with Gasteiger partial charge in [-0.1, -0.05) is 30.3 Å². The SMILES string of the molecule is Cc1nc(CNC(=O)C2CCN(C(=O)NCc3ccccc3)CC2)cs1. The van der Waals surface area contributed by atoms with Gasteiger partial charge in [0.1, 0.15) is 0 Å². The van der Waals surface area contributed by atoms with E-state index in [1.165, 1.54) is 0 Å². The molecule has 138 valence electrons. The lowest BCUT2D eigenvalue weighted by Crippen LogP contribution is -2.46. The predicted octanol–water partition coefficient (Wildman–Crippen LogP) is 2.69. The second kappa shape index (κ2) is 8.80. The first-order valence-electron chi connectivity index (χ1n) is 8.87. The molecule has 1 aromatic carbocycles. The molecule has 0 aliphatic carbocycles. The predicted molar refractivity (Wildman–Crippen MR) is 102 cm³/mol. The van der Waals surface area contributed by atoms with Crippen LogP contribution in [-0.4, -0.2) is 34.9 Å². The van der Waals surface area contributed by atoms with Crippen LogP contribution in [0, 0.1) is 12.8 Å². The van der Waals surface area contributed by atoms with Crippen LogP contribution in [0.15, 0.2) is 35.7 Å². The van der Waals surface area contributed by atoms with Crippen molar-refractivity contribution in [2.75, 3.05) is 13.1 Å². The lowest BCUT2D eigenvalue weighted by atomic mass is 9.96. The zero-order valence-corrected chi connectivity index (χ0v) is 15.7. The van der Waals surface area contributed by atoms with Crippen LogP contribution in [0.2, 0.25) is 0 Å². The Morgan fingerprint density at radius 1 is 1.15 bits per heavy atom. The molecule has 1 fully saturated rings. The summed E-state index contributed by atoms with van der Waals surface area (Å²) in [6.45, 7) is 4.16. The van der Waals surface area contributed by atoms with E-state index in [-0.39, 0.29) is 17.9 Å². The van der Waals surface area contributed by atoms with Crippen LogP contribution >= 0.6 is 11.3 Å². The molecule has 0 bridgehead atoms. The number of benzene rings is 1. The molecule has 0 atom stereocenters. The van der Waals surface area contributed by atoms with Gasteiger partial charge in [0.2, 0.25) is 5.91 Å². The van der Waals surface area contributed by atoms with Gasteiger partial charge in [0.05, 0.1) is 17.2 Å². The minimum atomic E-state index is -0.0642. The van der Waals surface area contributed by atoms with Gasteiger partial charge in [-0.3, -0.25) is 4.79 Å². The van der Waals surface area contributed by atoms with E-state index in [0.717, 1.165) is 16.3 Å². The number of aromatic nitrogens is 1. The highest BCUT2D eigenvalue weighted by molar-refractivity contribution is 7.09. The Morgan fingerprint density at radius 2 is 1.88 bits per heavy atom. The quantitative estimate of drug-likeness (QED) is 0.847. The third-order valence-electron chi connectivity index (χ3n) is 4.55. The molecule has 1 saturated heterocycles. The van der Waals surface area contributed by atoms with E-state index in [0.29, 0.717) is 39.0 Å². The highest BCUT2D eigenvalue weighted by Crippen LogP contribution is 2.18. The standard InChI is InChI=1S/C19H24N4O2S/c1-14-22-17(13-26-14)12-20-18(24)16-7-9-23(10-8-16)19(25)21-11-15-5-3-2-4-6-15/h2-6,13,16H,7-12H2,1H3,(H,20,24)(H,21,25). The van der Waals surface area contributed by atoms with Crippen molar-refractivity contribution in [3.05, 3.63) is 52.0 Å². The average molecular weight is 372 g/mol. The Hall–Kier alpha value is -2.41. The highest BCUT2D eigenvalue weighted by atomic mass is 32.1. The highest BCUT2D eigenvalue weighted by Gasteiger charge is 2.27. The van der Waals surface area contributed by atoms with Crippen molar-refractivity contribution in [3.63, 3.8) is 0 Å². The Balaban J connectivity index is 1.39. The number of urea groups is 1. The van der Waals surface area contributed by atoms with Gasteiger partial charge in [0.15, 0.2) is 0 Å². The molecule has 2 N–H and O–H groups in total. The molecule has 1 aromatic heterocycles. The number of aryl methyl sites for hydroxylation is 1. The van der Waals surface area contributed by atoms with E-state index < -0.39 is 0 Å². The van der Waals surface area contributed by atoms with Crippen LogP contribution in [-0.2, 0) is 17.9 Å². The van der Waals surface area contributed by atoms with Crippen molar-refractivity contribution in [1.82, 2.24) is 20.5 Å². The molecule has 26 heavy (non-hydrogen) atoms. The maximum Gasteiger partial charge on any atom is 0.317 e. The number of likely N-dealkylation sites (tertiary alicyclic amines) is 1. The molecule has 2 aromatic rings. The van der Waals surface area contributed by atoms with Gasteiger partial charge in [0, 0.05) is 30.9 Å². The van der Waals surface area contributed by atoms with Gasteiger partial charge < -0.3 is 15.5 Å². The molecular formula is C19H24N4O2S. The average Bonchev–Trinajstić information content (AvgIpc) is 3.10. The second-order valence-corrected chi connectivity index (χ2v) is 7.54. The topological polar surface area (TPSA) is 74.3 Å². The monoisotopic (exact) mass is 372 g/mol. The lowest BCUT2D eigenvalue weighted by molar-refractivity contribution is -0.126. The van der Waals surface area contributed by atoms with Crippen molar-refractivity contribution < 1.29 is 9.59 Å². The van der Waals surface area contributed by atoms with E-state index in [2.05, 4.69) is 15.6 Å². The van der Waals surface area contributed by atoms with Crippen LogP contribution in [0.1, 0.15) is 29.1 Å². The third-order valence-corrected chi connectivity index (χ3v) is 5.37. The first-order chi connectivity index (χ1) is 12.6. The number of nitrogens with one attached hydrogen (secondary N) is 2. The summed E-state index contributed by atoms with van der Waals surface area (Å²) in [4.78, 5) is 30.7. The second-order valence-electron chi connectivity index (χ2n) is 6.48. The van der Waals surface area contributed by atoms with Gasteiger partial charge in [-0.15, -0.1) is 11.3 Å². The number of hydrogen-bond acceptors (Lipinski definition) is 4. The van der Waals surface area contributed by atoms with E-state index in [1.807, 2.05) is 42.6 Å². The summed E-state index contributed by atoms with van der Waals surface area (Å²) < 4.78 is 0. The van der Waals surface area contributed by atoms with Gasteiger partial charge in [-0.25, -0.2) is 9.78 Å². The molecule has 0 saturated carbocycles. The number of thiazole rings is 1. The van der Waals surface area contributed by atoms with Crippen LogP contribution < -0.4 is 10.6 Å². The van der Waals surface area contributed by atoms with E-state index >= 15 is 0 Å². The van der Waals surface area contributed by atoms with E-state index in [9.17, 15) is 9.59 Å². The Bertz CT molecular complexity index is 739. The minimum absolute atomic E-state index is 0.0343. The molecule has 6 nitrogen and oxygen atoms in total. The van der Waals surface area contributed by atoms with Crippen molar-refractivity contribution in [2.24, 2.45) is 5.92 Å². The largest absolute Gasteiger partial charge is 0.350 e. The lowest BCUT2D eigenvalue weighted by Gasteiger charge is -2.31. The molecule has 3 amide bonds. The minimum Gasteiger partial charge on any atom is -0.350 e. The first-order valence-corrected chi connectivity index (χ1v) is 9.75. The number of piperidine rings is 1. The number of nitrogens with zero attached hydrogens (tertiary/aromatic N) is 2. The number of carbonyl (C=O) groups is 2. The summed E-state index contributed by atoms with van der Waals surface area (Å²) in [6, 6.07) is 9.78. The zero-order valence-electron chi connectivity index (χ0n) is 14.9. The first kappa shape index (κ1) is 18.4. The van der Waals surface area contributed by atoms with Crippen molar-refractivity contribution in [2.45, 2.75) is 32.9 Å². The van der Waals surface area contributed by atoms with Gasteiger partial charge in [-0.05, 0) is 25.3 Å². The molecule has 3 rings (SSSR count). The fraction of sp³-hybridized carbons (Fsp3) is 0.421. The van der Waals surface area contributed by atoms with Gasteiger partial charge in [0.25, 0.3) is 0 Å². The number of carbonyl (C=O) groups excluding carboxylic acids is 2. The van der Waals surface area contributed by atoms with Crippen LogP contribution in [0.5, 0.6) is 0 Å². The van der Waals surface area contributed by atoms with Crippen molar-refractivity contribution in [1.29, 1.82) is 0 Å². The Morgan fingerprint density at radius 3 is 2.54 bits per heavy atom. The Kier molecular flexibility index (Phi) is 6.22. The summed E-state index contributed by atoms with van der Waals surface area (Å²) in [5.74, 6) is 0.0212. The molecule has 0 radical (unpaired) electrons. The fourth-order valence-corrected chi connectivity index (χ4v) is 3.65. The number of hydrogen-bond donors (Lipinski definition) is 2.